The lowest BCUT2D eigenvalue weighted by Crippen LogP contribution is -2.71. The summed E-state index contributed by atoms with van der Waals surface area (Å²) in [6.45, 7) is 4.18. The number of esters is 2. The predicted molar refractivity (Wildman–Crippen MR) is 147 cm³/mol. The summed E-state index contributed by atoms with van der Waals surface area (Å²) < 4.78 is 28.8. The largest absolute Gasteiger partial charge is 0.504 e. The summed E-state index contributed by atoms with van der Waals surface area (Å²) in [5, 5.41) is 27.0. The smallest absolute Gasteiger partial charge is 0.376 e. The minimum atomic E-state index is -1.06. The van der Waals surface area contributed by atoms with Gasteiger partial charge in [-0.2, -0.15) is 0 Å². The first-order chi connectivity index (χ1) is 20.5. The van der Waals surface area contributed by atoms with Crippen LogP contribution in [-0.4, -0.2) is 90.1 Å². The van der Waals surface area contributed by atoms with Crippen LogP contribution in [0.25, 0.3) is 0 Å². The maximum absolute atomic E-state index is 12.8. The molecule has 2 fully saturated rings. The topological polar surface area (TPSA) is 156 Å². The van der Waals surface area contributed by atoms with E-state index in [1.165, 1.54) is 14.0 Å². The molecule has 13 heteroatoms. The van der Waals surface area contributed by atoms with Gasteiger partial charge < -0.3 is 39.2 Å². The highest BCUT2D eigenvalue weighted by Crippen LogP contribution is 2.61. The number of nitrogens with one attached hydrogen (secondary N) is 1. The molecule has 2 aromatic carbocycles. The Hall–Kier alpha value is -3.91. The second-order valence-corrected chi connectivity index (χ2v) is 11.7. The fourth-order valence-corrected chi connectivity index (χ4v) is 7.86. The van der Waals surface area contributed by atoms with Crippen LogP contribution < -0.4 is 24.3 Å². The molecule has 0 spiro atoms. The molecular formula is C30H33N3O10. The van der Waals surface area contributed by atoms with Gasteiger partial charge in [-0.1, -0.05) is 6.07 Å². The Morgan fingerprint density at radius 2 is 1.84 bits per heavy atom. The van der Waals surface area contributed by atoms with Crippen LogP contribution in [0.4, 0.5) is 0 Å². The zero-order valence-corrected chi connectivity index (χ0v) is 24.4. The van der Waals surface area contributed by atoms with Crippen molar-refractivity contribution in [3.8, 4) is 28.7 Å². The zero-order chi connectivity index (χ0) is 30.5. The van der Waals surface area contributed by atoms with E-state index in [9.17, 15) is 24.6 Å². The van der Waals surface area contributed by atoms with Gasteiger partial charge in [-0.05, 0) is 38.4 Å². The van der Waals surface area contributed by atoms with Crippen LogP contribution in [0.5, 0.6) is 28.7 Å². The van der Waals surface area contributed by atoms with Gasteiger partial charge in [0.05, 0.1) is 43.9 Å². The van der Waals surface area contributed by atoms with Gasteiger partial charge in [-0.3, -0.25) is 19.4 Å². The van der Waals surface area contributed by atoms with Crippen LogP contribution in [0, 0.1) is 13.8 Å². The van der Waals surface area contributed by atoms with E-state index in [0.717, 1.165) is 11.1 Å². The van der Waals surface area contributed by atoms with Gasteiger partial charge in [0.1, 0.15) is 18.6 Å². The van der Waals surface area contributed by atoms with Gasteiger partial charge in [0.15, 0.2) is 23.0 Å². The Bertz CT molecular complexity index is 1590. The van der Waals surface area contributed by atoms with Crippen LogP contribution in [-0.2, 0) is 25.5 Å². The van der Waals surface area contributed by atoms with E-state index in [1.54, 1.807) is 6.92 Å². The molecule has 0 radical (unpaired) electrons. The molecule has 4 bridgehead atoms. The number of likely N-dealkylation sites (N-methyl/N-ethyl adjacent to an activating group) is 1. The number of aryl methyl sites for hydroxylation is 1. The number of phenolic OH excluding ortho intramolecular Hbond substituents is 1. The van der Waals surface area contributed by atoms with Crippen molar-refractivity contribution in [2.24, 2.45) is 0 Å². The van der Waals surface area contributed by atoms with E-state index in [4.69, 9.17) is 23.7 Å². The molecule has 5 aliphatic rings. The number of aromatic hydroxyl groups is 1. The number of hydrogen-bond acceptors (Lipinski definition) is 13. The average molecular weight is 596 g/mol. The maximum Gasteiger partial charge on any atom is 0.376 e. The minimum Gasteiger partial charge on any atom is -0.504 e. The molecule has 43 heavy (non-hydrogen) atoms. The second-order valence-electron chi connectivity index (χ2n) is 11.7. The molecule has 6 atom stereocenters. The quantitative estimate of drug-likeness (QED) is 0.258. The Labute approximate surface area is 247 Å². The molecule has 0 amide bonds. The van der Waals surface area contributed by atoms with Gasteiger partial charge >= 0.3 is 11.9 Å². The fraction of sp³-hybridized carbons (Fsp3) is 0.500. The summed E-state index contributed by atoms with van der Waals surface area (Å²) in [4.78, 5) is 41.8. The molecule has 5 aliphatic heterocycles. The third-order valence-electron chi connectivity index (χ3n) is 9.52. The first-order valence-corrected chi connectivity index (χ1v) is 14.2. The highest BCUT2D eigenvalue weighted by atomic mass is 16.7. The Kier molecular flexibility index (Phi) is 6.36. The molecule has 0 saturated carbocycles. The van der Waals surface area contributed by atoms with E-state index in [2.05, 4.69) is 5.32 Å². The molecule has 5 heterocycles. The lowest BCUT2D eigenvalue weighted by molar-refractivity contribution is -0.192. The molecule has 2 aromatic rings. The van der Waals surface area contributed by atoms with Gasteiger partial charge in [0, 0.05) is 29.2 Å². The van der Waals surface area contributed by atoms with Gasteiger partial charge in [0.2, 0.25) is 6.79 Å². The first-order valence-electron chi connectivity index (χ1n) is 14.2. The molecule has 0 aromatic heterocycles. The Morgan fingerprint density at radius 1 is 1.09 bits per heavy atom. The number of carbonyl (C=O) groups is 3. The number of carbonyl (C=O) groups excluding carboxylic acids is 3. The van der Waals surface area contributed by atoms with Crippen LogP contribution >= 0.6 is 0 Å². The number of aliphatic hydroxyl groups excluding tert-OH is 1. The molecule has 2 saturated heterocycles. The Balaban J connectivity index is 1.55. The number of methoxy groups -OCH3 is 1. The fourth-order valence-electron chi connectivity index (χ4n) is 7.86. The number of aliphatic hydroxyl groups is 1. The standard InChI is InChI=1S/C30H33N3O10/c1-11-6-14-7-15-29(37)33-16-9-40-30(38)17(35)8-31-21(23(33)22(32(15)4)18(14)24(36)25(11)39-5)20-19(16)28-27(41-10-42-28)12(2)26(20)43-13(3)34/h6,15-16,21-23,29,31,36-37H,7-10H2,1-5H3/t15-,16-,21-,22+,23-,29-/m0/s1. The van der Waals surface area contributed by atoms with Crippen LogP contribution in [0.3, 0.4) is 0 Å². The van der Waals surface area contributed by atoms with Gasteiger partial charge in [-0.15, -0.1) is 0 Å². The summed E-state index contributed by atoms with van der Waals surface area (Å²) in [5.41, 5.74) is 3.90. The number of ether oxygens (including phenoxy) is 5. The number of phenols is 1. The number of fused-ring (bicyclic) bond motifs is 9. The van der Waals surface area contributed by atoms with Crippen molar-refractivity contribution in [2.75, 3.05) is 34.1 Å². The van der Waals surface area contributed by atoms with Crippen LogP contribution in [0.1, 0.15) is 58.4 Å². The number of hydrogen-bond donors (Lipinski definition) is 3. The van der Waals surface area contributed by atoms with E-state index >= 15 is 0 Å². The van der Waals surface area contributed by atoms with E-state index in [1.807, 2.05) is 29.8 Å². The Morgan fingerprint density at radius 3 is 2.56 bits per heavy atom. The predicted octanol–water partition coefficient (Wildman–Crippen LogP) is 1.08. The van der Waals surface area contributed by atoms with E-state index in [-0.39, 0.29) is 31.4 Å². The van der Waals surface area contributed by atoms with Gasteiger partial charge in [-0.25, -0.2) is 4.79 Å². The molecule has 0 unspecified atom stereocenters. The number of Topliss-reactive ketones (excluding diaryl/α,β-unsaturated/α-hetero) is 1. The lowest BCUT2D eigenvalue weighted by Gasteiger charge is -2.62. The molecule has 228 valence electrons. The van der Waals surface area contributed by atoms with Crippen LogP contribution in [0.2, 0.25) is 0 Å². The average Bonchev–Trinajstić information content (AvgIpc) is 3.45. The van der Waals surface area contributed by atoms with Crippen molar-refractivity contribution < 1.29 is 48.3 Å². The number of rotatable bonds is 2. The zero-order valence-electron chi connectivity index (χ0n) is 24.4. The molecule has 13 nitrogen and oxygen atoms in total. The molecular weight excluding hydrogens is 562 g/mol. The monoisotopic (exact) mass is 595 g/mol. The van der Waals surface area contributed by atoms with Gasteiger partial charge in [0.25, 0.3) is 5.78 Å². The number of piperazine rings is 1. The third kappa shape index (κ3) is 3.81. The lowest BCUT2D eigenvalue weighted by atomic mass is 9.71. The third-order valence-corrected chi connectivity index (χ3v) is 9.52. The summed E-state index contributed by atoms with van der Waals surface area (Å²) >= 11 is 0. The summed E-state index contributed by atoms with van der Waals surface area (Å²) in [6.07, 6.45) is -0.623. The molecule has 7 rings (SSSR count). The van der Waals surface area contributed by atoms with Crippen molar-refractivity contribution in [2.45, 2.75) is 63.6 Å². The highest BCUT2D eigenvalue weighted by molar-refractivity contribution is 6.34. The molecule has 3 N–H and O–H groups in total. The number of ketones is 1. The molecule has 0 aliphatic carbocycles. The first kappa shape index (κ1) is 27.9. The van der Waals surface area contributed by atoms with Crippen molar-refractivity contribution in [1.82, 2.24) is 15.1 Å². The summed E-state index contributed by atoms with van der Waals surface area (Å²) in [7, 11) is 3.39. The number of nitrogens with zero attached hydrogens (tertiary/aromatic N) is 2. The van der Waals surface area contributed by atoms with E-state index < -0.39 is 54.2 Å². The summed E-state index contributed by atoms with van der Waals surface area (Å²) in [6, 6.07) is -1.20. The van der Waals surface area contributed by atoms with E-state index in [0.29, 0.717) is 45.9 Å². The summed E-state index contributed by atoms with van der Waals surface area (Å²) in [5.74, 6) is -0.924. The maximum atomic E-state index is 12.8. The highest BCUT2D eigenvalue weighted by Gasteiger charge is 2.60. The van der Waals surface area contributed by atoms with Crippen molar-refractivity contribution in [3.63, 3.8) is 0 Å². The van der Waals surface area contributed by atoms with Crippen molar-refractivity contribution in [1.29, 1.82) is 0 Å². The number of cyclic esters (lactones) is 1. The normalized spacial score (nSPS) is 29.3. The SMILES string of the molecule is COc1c(C)cc2c(c1O)[C@@H]1[C@@H]3[C@H]4NCC(=O)C(=O)OC[C@@H](c5c6c(c(C)c(OC(C)=O)c54)OCO6)N3[C@@H](O)[C@H](C2)N1C. The van der Waals surface area contributed by atoms with Crippen molar-refractivity contribution in [3.05, 3.63) is 39.4 Å². The number of benzene rings is 2. The van der Waals surface area contributed by atoms with Crippen LogP contribution in [0.15, 0.2) is 6.07 Å². The minimum absolute atomic E-state index is 0.00177. The second kappa shape index (κ2) is 9.81. The van der Waals surface area contributed by atoms with Crippen molar-refractivity contribution >= 4 is 17.7 Å².